The second-order valence-electron chi connectivity index (χ2n) is 8.57. The SMILES string of the molecule is COc1ncc(OCC(=O)N2CCC(c3nc(C4=NOC(c5c(Cl)cccc5C#N)C4)cs3)CC2)cn1. The van der Waals surface area contributed by atoms with Gasteiger partial charge in [-0.1, -0.05) is 22.8 Å². The van der Waals surface area contributed by atoms with Gasteiger partial charge in [0.2, 0.25) is 0 Å². The lowest BCUT2D eigenvalue weighted by Crippen LogP contribution is -2.40. The van der Waals surface area contributed by atoms with Crippen LogP contribution in [-0.2, 0) is 9.63 Å². The number of hydrogen-bond donors (Lipinski definition) is 0. The molecule has 1 saturated heterocycles. The van der Waals surface area contributed by atoms with Gasteiger partial charge in [-0.25, -0.2) is 4.98 Å². The first kappa shape index (κ1) is 24.9. The Bertz CT molecular complexity index is 1350. The van der Waals surface area contributed by atoms with Crippen molar-refractivity contribution >= 4 is 34.6 Å². The van der Waals surface area contributed by atoms with Crippen LogP contribution >= 0.6 is 22.9 Å². The largest absolute Gasteiger partial charge is 0.481 e. The molecule has 0 aliphatic carbocycles. The Kier molecular flexibility index (Phi) is 7.48. The lowest BCUT2D eigenvalue weighted by Gasteiger charge is -2.31. The summed E-state index contributed by atoms with van der Waals surface area (Å²) in [6.45, 7) is 1.20. The van der Waals surface area contributed by atoms with Crippen molar-refractivity contribution in [3.8, 4) is 17.8 Å². The summed E-state index contributed by atoms with van der Waals surface area (Å²) >= 11 is 7.93. The highest BCUT2D eigenvalue weighted by Crippen LogP contribution is 2.37. The molecule has 2 aliphatic heterocycles. The van der Waals surface area contributed by atoms with E-state index in [4.69, 9.17) is 30.9 Å². The first-order valence-corrected chi connectivity index (χ1v) is 12.9. The van der Waals surface area contributed by atoms with Gasteiger partial charge in [0.15, 0.2) is 18.5 Å². The number of ether oxygens (including phenoxy) is 2. The maximum Gasteiger partial charge on any atom is 0.316 e. The number of halogens is 1. The molecule has 1 unspecified atom stereocenters. The predicted molar refractivity (Wildman–Crippen MR) is 136 cm³/mol. The van der Waals surface area contributed by atoms with Crippen molar-refractivity contribution < 1.29 is 19.1 Å². The van der Waals surface area contributed by atoms with Crippen molar-refractivity contribution in [2.75, 3.05) is 26.8 Å². The van der Waals surface area contributed by atoms with Gasteiger partial charge in [-0.2, -0.15) is 15.2 Å². The lowest BCUT2D eigenvalue weighted by atomic mass is 9.97. The fourth-order valence-corrected chi connectivity index (χ4v) is 5.65. The van der Waals surface area contributed by atoms with Gasteiger partial charge < -0.3 is 19.2 Å². The molecule has 2 aromatic heterocycles. The van der Waals surface area contributed by atoms with Crippen LogP contribution in [-0.4, -0.2) is 58.3 Å². The number of benzene rings is 1. The first-order chi connectivity index (χ1) is 18.1. The number of thiazole rings is 1. The minimum absolute atomic E-state index is 0.0678. The maximum atomic E-state index is 12.6. The number of nitrogens with zero attached hydrogens (tertiary/aromatic N) is 6. The molecule has 0 spiro atoms. The van der Waals surface area contributed by atoms with Crippen LogP contribution in [0.4, 0.5) is 0 Å². The van der Waals surface area contributed by atoms with Gasteiger partial charge in [0.25, 0.3) is 5.91 Å². The molecule has 2 aliphatic rings. The van der Waals surface area contributed by atoms with Crippen LogP contribution in [0, 0.1) is 11.3 Å². The van der Waals surface area contributed by atoms with Crippen molar-refractivity contribution in [2.45, 2.75) is 31.3 Å². The molecule has 5 rings (SSSR count). The number of hydrogen-bond acceptors (Lipinski definition) is 10. The Balaban J connectivity index is 1.13. The highest BCUT2D eigenvalue weighted by molar-refractivity contribution is 7.10. The number of piperidine rings is 1. The number of oxime groups is 1. The molecular weight excluding hydrogens is 516 g/mol. The predicted octanol–water partition coefficient (Wildman–Crippen LogP) is 4.12. The van der Waals surface area contributed by atoms with E-state index in [1.54, 1.807) is 29.5 Å². The van der Waals surface area contributed by atoms with Gasteiger partial charge in [0, 0.05) is 41.4 Å². The van der Waals surface area contributed by atoms with E-state index in [-0.39, 0.29) is 24.4 Å². The van der Waals surface area contributed by atoms with Gasteiger partial charge >= 0.3 is 6.01 Å². The Morgan fingerprint density at radius 2 is 2.08 bits per heavy atom. The summed E-state index contributed by atoms with van der Waals surface area (Å²) in [6.07, 6.45) is 4.68. The first-order valence-electron chi connectivity index (χ1n) is 11.7. The summed E-state index contributed by atoms with van der Waals surface area (Å²) < 4.78 is 10.4. The van der Waals surface area contributed by atoms with E-state index in [1.807, 2.05) is 10.3 Å². The summed E-state index contributed by atoms with van der Waals surface area (Å²) in [5.74, 6) is 0.610. The molecule has 1 fully saturated rings. The molecule has 12 heteroatoms. The number of aromatic nitrogens is 3. The zero-order valence-electron chi connectivity index (χ0n) is 20.0. The van der Waals surface area contributed by atoms with E-state index in [0.29, 0.717) is 41.4 Å². The lowest BCUT2D eigenvalue weighted by molar-refractivity contribution is -0.134. The quantitative estimate of drug-likeness (QED) is 0.440. The third-order valence-electron chi connectivity index (χ3n) is 6.33. The highest BCUT2D eigenvalue weighted by Gasteiger charge is 2.31. The molecule has 1 atom stereocenters. The van der Waals surface area contributed by atoms with Gasteiger partial charge in [-0.15, -0.1) is 11.3 Å². The van der Waals surface area contributed by atoms with E-state index in [2.05, 4.69) is 21.2 Å². The topological polar surface area (TPSA) is 123 Å². The fourth-order valence-electron chi connectivity index (χ4n) is 4.35. The van der Waals surface area contributed by atoms with E-state index in [1.165, 1.54) is 19.5 Å². The minimum atomic E-state index is -0.413. The Morgan fingerprint density at radius 1 is 1.30 bits per heavy atom. The molecule has 0 N–H and O–H groups in total. The van der Waals surface area contributed by atoms with Crippen molar-refractivity contribution in [3.63, 3.8) is 0 Å². The van der Waals surface area contributed by atoms with Crippen LogP contribution in [0.5, 0.6) is 11.8 Å². The van der Waals surface area contributed by atoms with Crippen LogP contribution in [0.3, 0.4) is 0 Å². The summed E-state index contributed by atoms with van der Waals surface area (Å²) in [4.78, 5) is 32.8. The van der Waals surface area contributed by atoms with E-state index >= 15 is 0 Å². The van der Waals surface area contributed by atoms with Crippen molar-refractivity contribution in [1.29, 1.82) is 5.26 Å². The van der Waals surface area contributed by atoms with E-state index in [0.717, 1.165) is 29.3 Å². The molecule has 37 heavy (non-hydrogen) atoms. The van der Waals surface area contributed by atoms with Crippen molar-refractivity contribution in [3.05, 3.63) is 62.8 Å². The summed E-state index contributed by atoms with van der Waals surface area (Å²) in [5, 5.41) is 17.2. The minimum Gasteiger partial charge on any atom is -0.481 e. The van der Waals surface area contributed by atoms with Crippen molar-refractivity contribution in [2.24, 2.45) is 5.16 Å². The number of methoxy groups -OCH3 is 1. The van der Waals surface area contributed by atoms with Crippen LogP contribution in [0.15, 0.2) is 41.1 Å². The van der Waals surface area contributed by atoms with E-state index in [9.17, 15) is 10.1 Å². The van der Waals surface area contributed by atoms with Gasteiger partial charge in [-0.3, -0.25) is 4.79 Å². The number of amides is 1. The molecule has 10 nitrogen and oxygen atoms in total. The van der Waals surface area contributed by atoms with Gasteiger partial charge in [-0.05, 0) is 25.0 Å². The third-order valence-corrected chi connectivity index (χ3v) is 7.66. The smallest absolute Gasteiger partial charge is 0.316 e. The molecule has 4 heterocycles. The summed E-state index contributed by atoms with van der Waals surface area (Å²) in [6, 6.07) is 7.63. The normalized spacial score (nSPS) is 17.6. The average Bonchev–Trinajstić information content (AvgIpc) is 3.62. The number of carbonyl (C=O) groups excluding carboxylic acids is 1. The zero-order valence-corrected chi connectivity index (χ0v) is 21.5. The molecule has 1 amide bonds. The average molecular weight is 539 g/mol. The van der Waals surface area contributed by atoms with E-state index < -0.39 is 6.10 Å². The molecule has 0 bridgehead atoms. The number of rotatable bonds is 7. The Hall–Kier alpha value is -3.75. The molecule has 1 aromatic carbocycles. The van der Waals surface area contributed by atoms with Crippen LogP contribution in [0.25, 0.3) is 0 Å². The Labute approximate surface area is 222 Å². The molecule has 190 valence electrons. The van der Waals surface area contributed by atoms with Crippen LogP contribution in [0.2, 0.25) is 5.02 Å². The summed E-state index contributed by atoms with van der Waals surface area (Å²) in [7, 11) is 1.48. The fraction of sp³-hybridized carbons (Fsp3) is 0.360. The molecule has 3 aromatic rings. The number of carbonyl (C=O) groups is 1. The summed E-state index contributed by atoms with van der Waals surface area (Å²) in [5.41, 5.74) is 2.66. The zero-order chi connectivity index (χ0) is 25.8. The number of likely N-dealkylation sites (tertiary alicyclic amines) is 1. The monoisotopic (exact) mass is 538 g/mol. The third kappa shape index (κ3) is 5.50. The Morgan fingerprint density at radius 3 is 2.81 bits per heavy atom. The number of nitriles is 1. The maximum absolute atomic E-state index is 12.6. The molecule has 0 radical (unpaired) electrons. The molecule has 0 saturated carbocycles. The van der Waals surface area contributed by atoms with Crippen LogP contribution in [0.1, 0.15) is 53.1 Å². The second-order valence-corrected chi connectivity index (χ2v) is 9.87. The molecular formula is C25H23ClN6O4S. The van der Waals surface area contributed by atoms with Crippen molar-refractivity contribution in [1.82, 2.24) is 19.9 Å². The van der Waals surface area contributed by atoms with Crippen LogP contribution < -0.4 is 9.47 Å². The van der Waals surface area contributed by atoms with Gasteiger partial charge in [0.05, 0.1) is 41.8 Å². The second kappa shape index (κ2) is 11.1. The standard InChI is InChI=1S/C25H23ClN6O4S/c1-34-25-28-11-17(12-29-25)35-13-22(33)32-7-5-15(6-8-32)24-30-20(14-37-24)19-9-21(36-31-19)23-16(10-27)3-2-4-18(23)26/h2-4,11-12,14-15,21H,5-9,13H2,1H3. The highest BCUT2D eigenvalue weighted by atomic mass is 35.5. The van der Waals surface area contributed by atoms with Gasteiger partial charge in [0.1, 0.15) is 5.71 Å².